The van der Waals surface area contributed by atoms with Gasteiger partial charge in [0, 0.05) is 58.6 Å². The van der Waals surface area contributed by atoms with Crippen LogP contribution in [0.25, 0.3) is 0 Å². The number of nitrogens with zero attached hydrogens (tertiary/aromatic N) is 5. The Balaban J connectivity index is 1.58. The molecular weight excluding hydrogens is 378 g/mol. The molecule has 1 aromatic heterocycles. The highest BCUT2D eigenvalue weighted by Gasteiger charge is 2.54. The average Bonchev–Trinajstić information content (AvgIpc) is 3.03. The topological polar surface area (TPSA) is 69.6 Å². The first-order chi connectivity index (χ1) is 14.5. The van der Waals surface area contributed by atoms with Crippen molar-refractivity contribution in [2.45, 2.75) is 19.3 Å². The molecule has 2 aliphatic rings. The molecule has 1 aromatic carbocycles. The smallest absolute Gasteiger partial charge is 0.230 e. The third kappa shape index (κ3) is 3.88. The van der Waals surface area contributed by atoms with Gasteiger partial charge in [-0.1, -0.05) is 30.3 Å². The van der Waals surface area contributed by atoms with Crippen molar-refractivity contribution in [1.29, 1.82) is 0 Å². The first kappa shape index (κ1) is 20.3. The number of carbonyl (C=O) groups excluding carboxylic acids is 2. The predicted molar refractivity (Wildman–Crippen MR) is 115 cm³/mol. The number of hydrogen-bond acceptors (Lipinski definition) is 5. The largest absolute Gasteiger partial charge is 0.348 e. The molecule has 0 aliphatic carbocycles. The van der Waals surface area contributed by atoms with Crippen LogP contribution in [0.2, 0.25) is 0 Å². The Kier molecular flexibility index (Phi) is 5.70. The zero-order chi connectivity index (χ0) is 21.1. The van der Waals surface area contributed by atoms with Crippen molar-refractivity contribution >= 4 is 17.8 Å². The van der Waals surface area contributed by atoms with E-state index in [2.05, 4.69) is 14.9 Å². The van der Waals surface area contributed by atoms with Gasteiger partial charge in [0.15, 0.2) is 0 Å². The van der Waals surface area contributed by atoms with Crippen molar-refractivity contribution < 1.29 is 9.59 Å². The third-order valence-electron chi connectivity index (χ3n) is 6.40. The van der Waals surface area contributed by atoms with Crippen LogP contribution < -0.4 is 4.90 Å². The lowest BCUT2D eigenvalue weighted by atomic mass is 9.74. The molecule has 2 aromatic rings. The number of carbonyl (C=O) groups is 2. The van der Waals surface area contributed by atoms with Crippen LogP contribution in [0.3, 0.4) is 0 Å². The standard InChI is InChI=1S/C23H29N5O2/c1-26(2)21(30)23-10-6-13-27(20(29)14-18-8-4-3-5-9-18)15-19(23)16-28(17-23)22-24-11-7-12-25-22/h3-5,7-9,11-12,19H,6,10,13-17H2,1-2H3/t19-,23-/m0/s1. The molecule has 158 valence electrons. The van der Waals surface area contributed by atoms with Gasteiger partial charge in [0.2, 0.25) is 17.8 Å². The van der Waals surface area contributed by atoms with E-state index >= 15 is 0 Å². The normalized spacial score (nSPS) is 23.6. The van der Waals surface area contributed by atoms with Gasteiger partial charge in [0.05, 0.1) is 11.8 Å². The summed E-state index contributed by atoms with van der Waals surface area (Å²) >= 11 is 0. The first-order valence-corrected chi connectivity index (χ1v) is 10.5. The zero-order valence-electron chi connectivity index (χ0n) is 17.7. The number of anilines is 1. The fraction of sp³-hybridized carbons (Fsp3) is 0.478. The molecular formula is C23H29N5O2. The van der Waals surface area contributed by atoms with Gasteiger partial charge in [-0.2, -0.15) is 0 Å². The second kappa shape index (κ2) is 8.42. The van der Waals surface area contributed by atoms with Crippen LogP contribution >= 0.6 is 0 Å². The molecule has 7 nitrogen and oxygen atoms in total. The van der Waals surface area contributed by atoms with Gasteiger partial charge in [0.25, 0.3) is 0 Å². The van der Waals surface area contributed by atoms with E-state index in [1.54, 1.807) is 23.4 Å². The van der Waals surface area contributed by atoms with E-state index in [4.69, 9.17) is 0 Å². The molecule has 2 atom stereocenters. The summed E-state index contributed by atoms with van der Waals surface area (Å²) < 4.78 is 0. The summed E-state index contributed by atoms with van der Waals surface area (Å²) in [4.78, 5) is 41.0. The highest BCUT2D eigenvalue weighted by Crippen LogP contribution is 2.44. The van der Waals surface area contributed by atoms with Crippen molar-refractivity contribution in [3.8, 4) is 0 Å². The maximum absolute atomic E-state index is 13.4. The van der Waals surface area contributed by atoms with Gasteiger partial charge >= 0.3 is 0 Å². The Labute approximate surface area is 177 Å². The van der Waals surface area contributed by atoms with Crippen LogP contribution in [0, 0.1) is 11.3 Å². The second-order valence-corrected chi connectivity index (χ2v) is 8.59. The lowest BCUT2D eigenvalue weighted by Gasteiger charge is -2.34. The molecule has 0 spiro atoms. The quantitative estimate of drug-likeness (QED) is 0.774. The molecule has 3 heterocycles. The molecule has 30 heavy (non-hydrogen) atoms. The Bertz CT molecular complexity index is 889. The monoisotopic (exact) mass is 407 g/mol. The third-order valence-corrected chi connectivity index (χ3v) is 6.40. The van der Waals surface area contributed by atoms with E-state index < -0.39 is 5.41 Å². The molecule has 2 aliphatic heterocycles. The van der Waals surface area contributed by atoms with Crippen LogP contribution in [-0.4, -0.2) is 71.9 Å². The molecule has 0 saturated carbocycles. The van der Waals surface area contributed by atoms with Gasteiger partial charge in [-0.3, -0.25) is 9.59 Å². The lowest BCUT2D eigenvalue weighted by molar-refractivity contribution is -0.142. The van der Waals surface area contributed by atoms with Crippen molar-refractivity contribution in [2.24, 2.45) is 11.3 Å². The van der Waals surface area contributed by atoms with E-state index in [0.29, 0.717) is 38.5 Å². The number of fused-ring (bicyclic) bond motifs is 1. The van der Waals surface area contributed by atoms with Gasteiger partial charge in [-0.05, 0) is 24.5 Å². The Morgan fingerprint density at radius 2 is 1.83 bits per heavy atom. The molecule has 0 bridgehead atoms. The van der Waals surface area contributed by atoms with Crippen LogP contribution in [0.4, 0.5) is 5.95 Å². The number of aromatic nitrogens is 2. The molecule has 0 radical (unpaired) electrons. The molecule has 2 fully saturated rings. The van der Waals surface area contributed by atoms with Crippen molar-refractivity contribution in [3.63, 3.8) is 0 Å². The minimum Gasteiger partial charge on any atom is -0.348 e. The van der Waals surface area contributed by atoms with Crippen molar-refractivity contribution in [2.75, 3.05) is 45.2 Å². The Hall–Kier alpha value is -2.96. The van der Waals surface area contributed by atoms with Gasteiger partial charge in [-0.15, -0.1) is 0 Å². The number of benzene rings is 1. The number of hydrogen-bond donors (Lipinski definition) is 0. The highest BCUT2D eigenvalue weighted by atomic mass is 16.2. The lowest BCUT2D eigenvalue weighted by Crippen LogP contribution is -2.47. The summed E-state index contributed by atoms with van der Waals surface area (Å²) in [5.74, 6) is 0.976. The second-order valence-electron chi connectivity index (χ2n) is 8.59. The number of likely N-dealkylation sites (tertiary alicyclic amines) is 1. The van der Waals surface area contributed by atoms with Crippen LogP contribution in [0.5, 0.6) is 0 Å². The number of amides is 2. The maximum Gasteiger partial charge on any atom is 0.230 e. The minimum atomic E-state index is -0.509. The zero-order valence-corrected chi connectivity index (χ0v) is 17.7. The molecule has 2 saturated heterocycles. The summed E-state index contributed by atoms with van der Waals surface area (Å²) in [6, 6.07) is 11.6. The fourth-order valence-corrected chi connectivity index (χ4v) is 4.94. The predicted octanol–water partition coefficient (Wildman–Crippen LogP) is 1.85. The average molecular weight is 408 g/mol. The first-order valence-electron chi connectivity index (χ1n) is 10.5. The van der Waals surface area contributed by atoms with Gasteiger partial charge < -0.3 is 14.7 Å². The summed E-state index contributed by atoms with van der Waals surface area (Å²) in [6.07, 6.45) is 5.44. The molecule has 4 rings (SSSR count). The Morgan fingerprint density at radius 3 is 2.53 bits per heavy atom. The van der Waals surface area contributed by atoms with E-state index in [0.717, 1.165) is 18.4 Å². The van der Waals surface area contributed by atoms with Gasteiger partial charge in [-0.25, -0.2) is 9.97 Å². The highest BCUT2D eigenvalue weighted by molar-refractivity contribution is 5.85. The number of rotatable bonds is 4. The Morgan fingerprint density at radius 1 is 1.10 bits per heavy atom. The van der Waals surface area contributed by atoms with E-state index in [1.807, 2.05) is 49.3 Å². The fourth-order valence-electron chi connectivity index (χ4n) is 4.94. The molecule has 2 amide bonds. The van der Waals surface area contributed by atoms with Crippen LogP contribution in [-0.2, 0) is 16.0 Å². The summed E-state index contributed by atoms with van der Waals surface area (Å²) in [7, 11) is 3.64. The van der Waals surface area contributed by atoms with Gasteiger partial charge in [0.1, 0.15) is 0 Å². The SMILES string of the molecule is CN(C)C(=O)[C@]12CCCN(C(=O)Cc3ccccc3)C[C@H]1CN(c1ncccn1)C2. The van der Waals surface area contributed by atoms with Crippen LogP contribution in [0.1, 0.15) is 18.4 Å². The van der Waals surface area contributed by atoms with Crippen molar-refractivity contribution in [3.05, 3.63) is 54.4 Å². The molecule has 0 N–H and O–H groups in total. The molecule has 7 heteroatoms. The van der Waals surface area contributed by atoms with Crippen LogP contribution in [0.15, 0.2) is 48.8 Å². The summed E-state index contributed by atoms with van der Waals surface area (Å²) in [5.41, 5.74) is 0.512. The minimum absolute atomic E-state index is 0.0541. The maximum atomic E-state index is 13.4. The molecule has 0 unspecified atom stereocenters. The van der Waals surface area contributed by atoms with E-state index in [9.17, 15) is 9.59 Å². The van der Waals surface area contributed by atoms with E-state index in [1.165, 1.54) is 0 Å². The summed E-state index contributed by atoms with van der Waals surface area (Å²) in [6.45, 7) is 2.57. The summed E-state index contributed by atoms with van der Waals surface area (Å²) in [5, 5.41) is 0. The van der Waals surface area contributed by atoms with E-state index in [-0.39, 0.29) is 17.7 Å². The van der Waals surface area contributed by atoms with Crippen molar-refractivity contribution in [1.82, 2.24) is 19.8 Å².